The van der Waals surface area contributed by atoms with Gasteiger partial charge >= 0.3 is 0 Å². The van der Waals surface area contributed by atoms with E-state index in [-0.39, 0.29) is 10.7 Å². The van der Waals surface area contributed by atoms with Gasteiger partial charge in [0.25, 0.3) is 0 Å². The van der Waals surface area contributed by atoms with Crippen LogP contribution in [-0.2, 0) is 4.79 Å². The standard InChI is InChI=1S/C15H21NOS/c1-3-4-10-15(11-14(17)16(2)12-15)18-13-8-6-5-7-9-13/h5-9H,3-4,10-12H2,1-2H3. The minimum Gasteiger partial charge on any atom is -0.344 e. The van der Waals surface area contributed by atoms with Gasteiger partial charge in [-0.25, -0.2) is 0 Å². The molecule has 0 saturated carbocycles. The van der Waals surface area contributed by atoms with Crippen LogP contribution >= 0.6 is 11.8 Å². The molecule has 1 amide bonds. The molecule has 18 heavy (non-hydrogen) atoms. The van der Waals surface area contributed by atoms with Crippen molar-refractivity contribution in [3.63, 3.8) is 0 Å². The van der Waals surface area contributed by atoms with Crippen molar-refractivity contribution >= 4 is 17.7 Å². The number of benzene rings is 1. The Morgan fingerprint density at radius 2 is 2.06 bits per heavy atom. The summed E-state index contributed by atoms with van der Waals surface area (Å²) in [6.45, 7) is 3.09. The average molecular weight is 263 g/mol. The van der Waals surface area contributed by atoms with Crippen LogP contribution in [0.25, 0.3) is 0 Å². The topological polar surface area (TPSA) is 20.3 Å². The SMILES string of the molecule is CCCCC1(Sc2ccccc2)CC(=O)N(C)C1. The van der Waals surface area contributed by atoms with Gasteiger partial charge in [0.1, 0.15) is 0 Å². The summed E-state index contributed by atoms with van der Waals surface area (Å²) in [4.78, 5) is 15.0. The summed E-state index contributed by atoms with van der Waals surface area (Å²) >= 11 is 1.88. The number of thioether (sulfide) groups is 1. The van der Waals surface area contributed by atoms with E-state index in [1.54, 1.807) is 0 Å². The van der Waals surface area contributed by atoms with Crippen LogP contribution in [0.5, 0.6) is 0 Å². The third-order valence-corrected chi connectivity index (χ3v) is 4.91. The molecule has 0 aromatic heterocycles. The number of hydrogen-bond donors (Lipinski definition) is 0. The molecule has 3 heteroatoms. The van der Waals surface area contributed by atoms with E-state index in [9.17, 15) is 4.79 Å². The summed E-state index contributed by atoms with van der Waals surface area (Å²) in [6.07, 6.45) is 4.19. The molecule has 1 heterocycles. The maximum atomic E-state index is 11.9. The molecular formula is C15H21NOS. The van der Waals surface area contributed by atoms with Crippen molar-refractivity contribution in [3.05, 3.63) is 30.3 Å². The zero-order valence-corrected chi connectivity index (χ0v) is 12.0. The van der Waals surface area contributed by atoms with Crippen molar-refractivity contribution in [2.24, 2.45) is 0 Å². The fourth-order valence-electron chi connectivity index (χ4n) is 2.51. The van der Waals surface area contributed by atoms with Crippen LogP contribution < -0.4 is 0 Å². The summed E-state index contributed by atoms with van der Waals surface area (Å²) in [6, 6.07) is 10.4. The predicted octanol–water partition coefficient (Wildman–Crippen LogP) is 3.57. The molecule has 0 aliphatic carbocycles. The first-order valence-corrected chi connectivity index (χ1v) is 7.45. The summed E-state index contributed by atoms with van der Waals surface area (Å²) < 4.78 is 0.0865. The van der Waals surface area contributed by atoms with Gasteiger partial charge in [-0.05, 0) is 18.6 Å². The molecule has 1 atom stereocenters. The molecule has 1 aliphatic rings. The minimum atomic E-state index is 0.0865. The lowest BCUT2D eigenvalue weighted by molar-refractivity contribution is -0.126. The molecule has 1 aromatic rings. The highest BCUT2D eigenvalue weighted by Crippen LogP contribution is 2.43. The van der Waals surface area contributed by atoms with Crippen LogP contribution in [0.2, 0.25) is 0 Å². The van der Waals surface area contributed by atoms with Crippen molar-refractivity contribution in [2.75, 3.05) is 13.6 Å². The Morgan fingerprint density at radius 1 is 1.33 bits per heavy atom. The predicted molar refractivity (Wildman–Crippen MR) is 76.8 cm³/mol. The van der Waals surface area contributed by atoms with Gasteiger partial charge in [0.15, 0.2) is 0 Å². The van der Waals surface area contributed by atoms with Gasteiger partial charge < -0.3 is 4.90 Å². The number of carbonyl (C=O) groups is 1. The van der Waals surface area contributed by atoms with E-state index in [4.69, 9.17) is 0 Å². The number of hydrogen-bond acceptors (Lipinski definition) is 2. The normalized spacial score (nSPS) is 23.7. The lowest BCUT2D eigenvalue weighted by Crippen LogP contribution is -2.28. The number of amides is 1. The van der Waals surface area contributed by atoms with Crippen molar-refractivity contribution in [1.82, 2.24) is 4.90 Å². The fraction of sp³-hybridized carbons (Fsp3) is 0.533. The highest BCUT2D eigenvalue weighted by molar-refractivity contribution is 8.00. The lowest BCUT2D eigenvalue weighted by Gasteiger charge is -2.27. The number of unbranched alkanes of at least 4 members (excludes halogenated alkanes) is 1. The number of nitrogens with zero attached hydrogens (tertiary/aromatic N) is 1. The molecule has 1 aromatic carbocycles. The zero-order chi connectivity index (χ0) is 13.0. The second-order valence-electron chi connectivity index (χ2n) is 5.13. The number of rotatable bonds is 5. The largest absolute Gasteiger partial charge is 0.344 e. The Morgan fingerprint density at radius 3 is 2.61 bits per heavy atom. The Hall–Kier alpha value is -0.960. The van der Waals surface area contributed by atoms with Gasteiger partial charge in [-0.2, -0.15) is 0 Å². The molecule has 1 fully saturated rings. The molecule has 1 unspecified atom stereocenters. The second-order valence-corrected chi connectivity index (χ2v) is 6.67. The first kappa shape index (κ1) is 13.5. The Labute approximate surface area is 114 Å². The van der Waals surface area contributed by atoms with Crippen LogP contribution in [0, 0.1) is 0 Å². The third kappa shape index (κ3) is 3.08. The average Bonchev–Trinajstić information content (AvgIpc) is 2.64. The highest BCUT2D eigenvalue weighted by atomic mass is 32.2. The van der Waals surface area contributed by atoms with Crippen LogP contribution in [-0.4, -0.2) is 29.1 Å². The van der Waals surface area contributed by atoms with E-state index < -0.39 is 0 Å². The second kappa shape index (κ2) is 5.79. The summed E-state index contributed by atoms with van der Waals surface area (Å²) in [5.41, 5.74) is 0. The number of carbonyl (C=O) groups excluding carboxylic acids is 1. The molecule has 1 saturated heterocycles. The summed E-state index contributed by atoms with van der Waals surface area (Å²) in [5, 5.41) is 0. The van der Waals surface area contributed by atoms with E-state index in [1.807, 2.05) is 29.8 Å². The fourth-order valence-corrected chi connectivity index (χ4v) is 4.00. The number of likely N-dealkylation sites (tertiary alicyclic amines) is 1. The summed E-state index contributed by atoms with van der Waals surface area (Å²) in [5.74, 6) is 0.287. The molecule has 0 radical (unpaired) electrons. The molecule has 98 valence electrons. The molecule has 2 rings (SSSR count). The summed E-state index contributed by atoms with van der Waals surface area (Å²) in [7, 11) is 1.92. The molecule has 0 N–H and O–H groups in total. The quantitative estimate of drug-likeness (QED) is 0.809. The van der Waals surface area contributed by atoms with E-state index in [0.717, 1.165) is 13.0 Å². The smallest absolute Gasteiger partial charge is 0.223 e. The van der Waals surface area contributed by atoms with Gasteiger partial charge in [0, 0.05) is 29.7 Å². The van der Waals surface area contributed by atoms with Gasteiger partial charge in [-0.15, -0.1) is 11.8 Å². The molecule has 0 bridgehead atoms. The first-order valence-electron chi connectivity index (χ1n) is 6.63. The van der Waals surface area contributed by atoms with E-state index in [1.165, 1.54) is 17.7 Å². The van der Waals surface area contributed by atoms with Gasteiger partial charge in [-0.3, -0.25) is 4.79 Å². The van der Waals surface area contributed by atoms with E-state index in [0.29, 0.717) is 6.42 Å². The van der Waals surface area contributed by atoms with Crippen molar-refractivity contribution in [3.8, 4) is 0 Å². The van der Waals surface area contributed by atoms with Gasteiger partial charge in [-0.1, -0.05) is 38.0 Å². The lowest BCUT2D eigenvalue weighted by atomic mass is 10.0. The highest BCUT2D eigenvalue weighted by Gasteiger charge is 2.41. The van der Waals surface area contributed by atoms with Crippen molar-refractivity contribution in [2.45, 2.75) is 42.2 Å². The molecular weight excluding hydrogens is 242 g/mol. The Kier molecular flexibility index (Phi) is 4.33. The van der Waals surface area contributed by atoms with Crippen molar-refractivity contribution < 1.29 is 4.79 Å². The Bertz CT molecular complexity index is 406. The molecule has 0 spiro atoms. The minimum absolute atomic E-state index is 0.0865. The molecule has 1 aliphatic heterocycles. The van der Waals surface area contributed by atoms with E-state index >= 15 is 0 Å². The van der Waals surface area contributed by atoms with E-state index in [2.05, 4.69) is 31.2 Å². The molecule has 2 nitrogen and oxygen atoms in total. The van der Waals surface area contributed by atoms with Crippen LogP contribution in [0.1, 0.15) is 32.6 Å². The third-order valence-electron chi connectivity index (χ3n) is 3.49. The zero-order valence-electron chi connectivity index (χ0n) is 11.2. The maximum Gasteiger partial charge on any atom is 0.223 e. The maximum absolute atomic E-state index is 11.9. The van der Waals surface area contributed by atoms with Crippen LogP contribution in [0.4, 0.5) is 0 Å². The van der Waals surface area contributed by atoms with Crippen molar-refractivity contribution in [1.29, 1.82) is 0 Å². The van der Waals surface area contributed by atoms with Gasteiger partial charge in [0.05, 0.1) is 0 Å². The van der Waals surface area contributed by atoms with Crippen LogP contribution in [0.3, 0.4) is 0 Å². The monoisotopic (exact) mass is 263 g/mol. The first-order chi connectivity index (χ1) is 8.65. The van der Waals surface area contributed by atoms with Gasteiger partial charge in [0.2, 0.25) is 5.91 Å². The van der Waals surface area contributed by atoms with Crippen LogP contribution in [0.15, 0.2) is 35.2 Å². The Balaban J connectivity index is 2.13.